The van der Waals surface area contributed by atoms with Gasteiger partial charge >= 0.3 is 0 Å². The van der Waals surface area contributed by atoms with Crippen LogP contribution in [-0.4, -0.2) is 12.0 Å². The molecule has 0 unspecified atom stereocenters. The highest BCUT2D eigenvalue weighted by Gasteiger charge is 1.95. The second-order valence-electron chi connectivity index (χ2n) is 2.28. The molecule has 1 aromatic carbocycles. The monoisotopic (exact) mass is 194 g/mol. The van der Waals surface area contributed by atoms with Crippen LogP contribution >= 0.6 is 11.3 Å². The third kappa shape index (κ3) is 2.18. The van der Waals surface area contributed by atoms with E-state index in [2.05, 4.69) is 16.4 Å². The zero-order chi connectivity index (χ0) is 9.68. The van der Waals surface area contributed by atoms with Gasteiger partial charge in [-0.1, -0.05) is 13.8 Å². The third-order valence-electron chi connectivity index (χ3n) is 1.62. The first-order valence-electron chi connectivity index (χ1n) is 4.41. The minimum Gasteiger partial charge on any atom is -0.388 e. The summed E-state index contributed by atoms with van der Waals surface area (Å²) in [6.45, 7) is 4.00. The van der Waals surface area contributed by atoms with Gasteiger partial charge in [-0.05, 0) is 18.2 Å². The molecular weight excluding hydrogens is 180 g/mol. The predicted octanol–water partition coefficient (Wildman–Crippen LogP) is 3.36. The normalized spacial score (nSPS) is 9.15. The van der Waals surface area contributed by atoms with Crippen LogP contribution in [0.2, 0.25) is 0 Å². The minimum atomic E-state index is 1.08. The zero-order valence-electron chi connectivity index (χ0n) is 8.16. The number of nitrogens with one attached hydrogen (secondary N) is 1. The first-order chi connectivity index (χ1) is 6.40. The average molecular weight is 194 g/mol. The number of benzene rings is 1. The van der Waals surface area contributed by atoms with Crippen LogP contribution in [0.4, 0.5) is 5.69 Å². The molecule has 3 heteroatoms. The van der Waals surface area contributed by atoms with E-state index in [0.29, 0.717) is 0 Å². The molecule has 0 aliphatic rings. The van der Waals surface area contributed by atoms with E-state index in [1.165, 1.54) is 4.70 Å². The van der Waals surface area contributed by atoms with Crippen LogP contribution in [0.15, 0.2) is 23.7 Å². The molecule has 0 aliphatic heterocycles. The highest BCUT2D eigenvalue weighted by molar-refractivity contribution is 7.16. The van der Waals surface area contributed by atoms with E-state index in [-0.39, 0.29) is 0 Å². The van der Waals surface area contributed by atoms with E-state index in [1.54, 1.807) is 11.3 Å². The molecule has 1 heterocycles. The number of hydrogen-bond donors (Lipinski definition) is 1. The quantitative estimate of drug-likeness (QED) is 0.753. The number of fused-ring (bicyclic) bond motifs is 1. The number of hydrogen-bond acceptors (Lipinski definition) is 3. The van der Waals surface area contributed by atoms with Crippen molar-refractivity contribution in [2.45, 2.75) is 13.8 Å². The Morgan fingerprint density at radius 3 is 2.77 bits per heavy atom. The first kappa shape index (κ1) is 9.99. The average Bonchev–Trinajstić information content (AvgIpc) is 2.67. The van der Waals surface area contributed by atoms with Crippen LogP contribution in [-0.2, 0) is 0 Å². The van der Waals surface area contributed by atoms with Gasteiger partial charge in [0.15, 0.2) is 0 Å². The van der Waals surface area contributed by atoms with Crippen LogP contribution < -0.4 is 5.32 Å². The van der Waals surface area contributed by atoms with Crippen LogP contribution in [0.3, 0.4) is 0 Å². The van der Waals surface area contributed by atoms with Crippen molar-refractivity contribution in [2.75, 3.05) is 12.4 Å². The molecule has 13 heavy (non-hydrogen) atoms. The number of thiazole rings is 1. The predicted molar refractivity (Wildman–Crippen MR) is 60.5 cm³/mol. The van der Waals surface area contributed by atoms with Crippen molar-refractivity contribution >= 4 is 27.2 Å². The Balaban J connectivity index is 0.000000396. The summed E-state index contributed by atoms with van der Waals surface area (Å²) in [5.74, 6) is 0. The summed E-state index contributed by atoms with van der Waals surface area (Å²) < 4.78 is 1.23. The van der Waals surface area contributed by atoms with Gasteiger partial charge in [-0.15, -0.1) is 11.3 Å². The minimum absolute atomic E-state index is 1.08. The van der Waals surface area contributed by atoms with E-state index in [1.807, 2.05) is 38.5 Å². The van der Waals surface area contributed by atoms with E-state index in [4.69, 9.17) is 0 Å². The van der Waals surface area contributed by atoms with E-state index >= 15 is 0 Å². The van der Waals surface area contributed by atoms with Crippen LogP contribution in [0.25, 0.3) is 10.2 Å². The highest BCUT2D eigenvalue weighted by atomic mass is 32.1. The second kappa shape index (κ2) is 4.82. The summed E-state index contributed by atoms with van der Waals surface area (Å²) >= 11 is 1.67. The van der Waals surface area contributed by atoms with E-state index in [9.17, 15) is 0 Å². The molecule has 0 fully saturated rings. The summed E-state index contributed by atoms with van der Waals surface area (Å²) in [5, 5.41) is 3.09. The number of aromatic nitrogens is 1. The lowest BCUT2D eigenvalue weighted by Gasteiger charge is -1.96. The third-order valence-corrected chi connectivity index (χ3v) is 2.41. The number of anilines is 1. The highest BCUT2D eigenvalue weighted by Crippen LogP contribution is 2.21. The molecule has 2 nitrogen and oxygen atoms in total. The lowest BCUT2D eigenvalue weighted by molar-refractivity contribution is 1.48. The molecule has 0 atom stereocenters. The molecule has 0 saturated heterocycles. The van der Waals surface area contributed by atoms with E-state index < -0.39 is 0 Å². The van der Waals surface area contributed by atoms with Crippen LogP contribution in [0, 0.1) is 0 Å². The maximum absolute atomic E-state index is 4.18. The maximum Gasteiger partial charge on any atom is 0.0813 e. The fraction of sp³-hybridized carbons (Fsp3) is 0.300. The standard InChI is InChI=1S/C8H8N2S.C2H6/c1-9-6-2-3-7-8(4-6)11-5-10-7;1-2/h2-5,9H,1H3;1-2H3. The summed E-state index contributed by atoms with van der Waals surface area (Å²) in [6.07, 6.45) is 0. The lowest BCUT2D eigenvalue weighted by atomic mass is 10.3. The first-order valence-corrected chi connectivity index (χ1v) is 5.29. The summed E-state index contributed by atoms with van der Waals surface area (Å²) in [4.78, 5) is 4.18. The van der Waals surface area contributed by atoms with Gasteiger partial charge in [0.25, 0.3) is 0 Å². The van der Waals surface area contributed by atoms with Gasteiger partial charge in [-0.2, -0.15) is 0 Å². The lowest BCUT2D eigenvalue weighted by Crippen LogP contribution is -1.85. The number of nitrogens with zero attached hydrogens (tertiary/aromatic N) is 1. The summed E-state index contributed by atoms with van der Waals surface area (Å²) in [7, 11) is 1.92. The maximum atomic E-state index is 4.18. The molecule has 0 amide bonds. The van der Waals surface area contributed by atoms with Crippen molar-refractivity contribution in [3.05, 3.63) is 23.7 Å². The molecule has 1 N–H and O–H groups in total. The van der Waals surface area contributed by atoms with Gasteiger partial charge in [0.05, 0.1) is 15.7 Å². The van der Waals surface area contributed by atoms with Gasteiger partial charge in [-0.25, -0.2) is 4.98 Å². The Hall–Kier alpha value is -1.09. The van der Waals surface area contributed by atoms with E-state index in [0.717, 1.165) is 11.2 Å². The van der Waals surface area contributed by atoms with Gasteiger partial charge in [0.2, 0.25) is 0 Å². The Kier molecular flexibility index (Phi) is 3.71. The van der Waals surface area contributed by atoms with Crippen molar-refractivity contribution in [3.63, 3.8) is 0 Å². The van der Waals surface area contributed by atoms with Crippen molar-refractivity contribution in [2.24, 2.45) is 0 Å². The molecule has 0 radical (unpaired) electrons. The van der Waals surface area contributed by atoms with Gasteiger partial charge in [0.1, 0.15) is 0 Å². The smallest absolute Gasteiger partial charge is 0.0813 e. The zero-order valence-corrected chi connectivity index (χ0v) is 8.98. The molecule has 70 valence electrons. The van der Waals surface area contributed by atoms with Gasteiger partial charge < -0.3 is 5.32 Å². The van der Waals surface area contributed by atoms with Crippen molar-refractivity contribution in [1.29, 1.82) is 0 Å². The van der Waals surface area contributed by atoms with Gasteiger partial charge in [-0.3, -0.25) is 0 Å². The van der Waals surface area contributed by atoms with Crippen LogP contribution in [0.5, 0.6) is 0 Å². The Morgan fingerprint density at radius 1 is 1.31 bits per heavy atom. The molecule has 2 aromatic rings. The second-order valence-corrected chi connectivity index (χ2v) is 3.17. The Bertz CT molecular complexity index is 368. The van der Waals surface area contributed by atoms with Crippen molar-refractivity contribution in [1.82, 2.24) is 4.98 Å². The van der Waals surface area contributed by atoms with Gasteiger partial charge in [0, 0.05) is 12.7 Å². The molecule has 0 bridgehead atoms. The molecule has 0 aliphatic carbocycles. The Labute approximate surface area is 82.6 Å². The topological polar surface area (TPSA) is 24.9 Å². The largest absolute Gasteiger partial charge is 0.388 e. The molecule has 1 aromatic heterocycles. The Morgan fingerprint density at radius 2 is 2.08 bits per heavy atom. The molecule has 0 spiro atoms. The molecule has 2 rings (SSSR count). The fourth-order valence-corrected chi connectivity index (χ4v) is 1.73. The summed E-state index contributed by atoms with van der Waals surface area (Å²) in [6, 6.07) is 6.16. The molecular formula is C10H14N2S. The van der Waals surface area contributed by atoms with Crippen molar-refractivity contribution < 1.29 is 0 Å². The summed E-state index contributed by atoms with van der Waals surface area (Å²) in [5.41, 5.74) is 4.08. The van der Waals surface area contributed by atoms with Crippen LogP contribution in [0.1, 0.15) is 13.8 Å². The van der Waals surface area contributed by atoms with Crippen molar-refractivity contribution in [3.8, 4) is 0 Å². The SMILES string of the molecule is CC.CNc1ccc2ncsc2c1. The molecule has 0 saturated carbocycles. The fourth-order valence-electron chi connectivity index (χ4n) is 1.01. The number of rotatable bonds is 1.